The fraction of sp³-hybridized carbons (Fsp3) is 0.800. The molecule has 0 aromatic carbocycles. The SMILES string of the molecule is C=CCN(C(=O)C1N([C@@H](CO)C(C)C)C(=O)[C@@H]2[C@@H](C(=O)O)[C@@]3(C)CCC12S3)C1CCCCC1. The second kappa shape index (κ2) is 8.91. The van der Waals surface area contributed by atoms with Crippen molar-refractivity contribution in [3.8, 4) is 0 Å². The second-order valence-corrected chi connectivity index (χ2v) is 12.8. The highest BCUT2D eigenvalue weighted by Gasteiger charge is 2.78. The van der Waals surface area contributed by atoms with Gasteiger partial charge < -0.3 is 20.0 Å². The van der Waals surface area contributed by atoms with E-state index in [1.54, 1.807) is 22.7 Å². The van der Waals surface area contributed by atoms with Crippen LogP contribution in [0, 0.1) is 17.8 Å². The Kier molecular flexibility index (Phi) is 6.64. The molecule has 1 spiro atoms. The highest BCUT2D eigenvalue weighted by Crippen LogP contribution is 2.71. The van der Waals surface area contributed by atoms with E-state index < -0.39 is 39.4 Å². The first-order valence-corrected chi connectivity index (χ1v) is 13.2. The summed E-state index contributed by atoms with van der Waals surface area (Å²) in [4.78, 5) is 44.2. The number of amides is 2. The molecule has 184 valence electrons. The van der Waals surface area contributed by atoms with E-state index >= 15 is 0 Å². The number of likely N-dealkylation sites (tertiary alicyclic amines) is 1. The number of carbonyl (C=O) groups excluding carboxylic acids is 2. The fourth-order valence-electron chi connectivity index (χ4n) is 7.10. The molecule has 1 aliphatic carbocycles. The molecule has 0 radical (unpaired) electrons. The van der Waals surface area contributed by atoms with Crippen LogP contribution in [0.3, 0.4) is 0 Å². The number of hydrogen-bond acceptors (Lipinski definition) is 5. The third-order valence-electron chi connectivity index (χ3n) is 8.65. The number of aliphatic hydroxyl groups excluding tert-OH is 1. The van der Waals surface area contributed by atoms with Gasteiger partial charge in [0.2, 0.25) is 11.8 Å². The maximum Gasteiger partial charge on any atom is 0.308 e. The molecule has 0 aromatic rings. The van der Waals surface area contributed by atoms with Gasteiger partial charge in [0.15, 0.2) is 0 Å². The zero-order valence-corrected chi connectivity index (χ0v) is 20.9. The Morgan fingerprint density at radius 2 is 1.94 bits per heavy atom. The number of hydrogen-bond donors (Lipinski definition) is 2. The lowest BCUT2D eigenvalue weighted by Gasteiger charge is -2.43. The van der Waals surface area contributed by atoms with Gasteiger partial charge in [-0.3, -0.25) is 14.4 Å². The Balaban J connectivity index is 1.81. The van der Waals surface area contributed by atoms with E-state index in [1.165, 1.54) is 6.42 Å². The summed E-state index contributed by atoms with van der Waals surface area (Å²) >= 11 is 1.56. The summed E-state index contributed by atoms with van der Waals surface area (Å²) in [5.74, 6) is -2.95. The lowest BCUT2D eigenvalue weighted by atomic mass is 9.66. The van der Waals surface area contributed by atoms with Crippen LogP contribution in [0.2, 0.25) is 0 Å². The van der Waals surface area contributed by atoms with Crippen LogP contribution in [0.1, 0.15) is 65.7 Å². The van der Waals surface area contributed by atoms with Crippen LogP contribution < -0.4 is 0 Å². The van der Waals surface area contributed by atoms with Gasteiger partial charge in [-0.05, 0) is 38.5 Å². The summed E-state index contributed by atoms with van der Waals surface area (Å²) < 4.78 is -1.32. The van der Waals surface area contributed by atoms with Crippen LogP contribution >= 0.6 is 11.8 Å². The first-order valence-electron chi connectivity index (χ1n) is 12.4. The van der Waals surface area contributed by atoms with Crippen molar-refractivity contribution in [2.24, 2.45) is 17.8 Å². The van der Waals surface area contributed by atoms with Crippen molar-refractivity contribution >= 4 is 29.5 Å². The molecule has 2 bridgehead atoms. The van der Waals surface area contributed by atoms with Crippen molar-refractivity contribution in [1.29, 1.82) is 0 Å². The lowest BCUT2D eigenvalue weighted by molar-refractivity contribution is -0.151. The summed E-state index contributed by atoms with van der Waals surface area (Å²) in [5.41, 5.74) is 0. The summed E-state index contributed by atoms with van der Waals surface area (Å²) in [6, 6.07) is -1.17. The molecule has 2 amide bonds. The maximum atomic E-state index is 14.4. The van der Waals surface area contributed by atoms with Gasteiger partial charge in [0.25, 0.3) is 0 Å². The third-order valence-corrected chi connectivity index (χ3v) is 10.6. The number of fused-ring (bicyclic) bond motifs is 1. The van der Waals surface area contributed by atoms with Crippen LogP contribution in [-0.2, 0) is 14.4 Å². The Morgan fingerprint density at radius 3 is 2.48 bits per heavy atom. The van der Waals surface area contributed by atoms with Gasteiger partial charge in [-0.15, -0.1) is 18.3 Å². The molecule has 3 saturated heterocycles. The van der Waals surface area contributed by atoms with Gasteiger partial charge in [-0.25, -0.2) is 0 Å². The number of carbonyl (C=O) groups is 3. The van der Waals surface area contributed by atoms with Gasteiger partial charge in [-0.1, -0.05) is 39.2 Å². The van der Waals surface area contributed by atoms with Crippen LogP contribution in [0.25, 0.3) is 0 Å². The van der Waals surface area contributed by atoms with Gasteiger partial charge in [-0.2, -0.15) is 0 Å². The molecule has 4 fully saturated rings. The minimum atomic E-state index is -0.960. The van der Waals surface area contributed by atoms with Crippen LogP contribution in [0.15, 0.2) is 12.7 Å². The third kappa shape index (κ3) is 3.63. The molecule has 2 unspecified atom stereocenters. The molecule has 0 aromatic heterocycles. The zero-order chi connectivity index (χ0) is 24.1. The van der Waals surface area contributed by atoms with E-state index in [1.807, 2.05) is 25.7 Å². The van der Waals surface area contributed by atoms with Crippen molar-refractivity contribution in [2.45, 2.75) is 93.3 Å². The van der Waals surface area contributed by atoms with Crippen molar-refractivity contribution in [2.75, 3.05) is 13.2 Å². The molecule has 4 aliphatic rings. The number of carboxylic acids is 1. The number of aliphatic hydroxyl groups is 1. The highest BCUT2D eigenvalue weighted by atomic mass is 32.2. The Labute approximate surface area is 201 Å². The minimum absolute atomic E-state index is 0.0620. The molecule has 8 heteroatoms. The van der Waals surface area contributed by atoms with Gasteiger partial charge in [0, 0.05) is 17.3 Å². The lowest BCUT2D eigenvalue weighted by Crippen LogP contribution is -2.60. The molecule has 3 heterocycles. The van der Waals surface area contributed by atoms with Gasteiger partial charge >= 0.3 is 5.97 Å². The van der Waals surface area contributed by atoms with Crippen LogP contribution in [-0.4, -0.2) is 78.6 Å². The van der Waals surface area contributed by atoms with E-state index in [-0.39, 0.29) is 30.4 Å². The number of nitrogens with zero attached hydrogens (tertiary/aromatic N) is 2. The number of rotatable bonds is 8. The molecular weight excluding hydrogens is 440 g/mol. The summed E-state index contributed by atoms with van der Waals surface area (Å²) in [6.45, 7) is 9.86. The topological polar surface area (TPSA) is 98.2 Å². The molecule has 7 nitrogen and oxygen atoms in total. The monoisotopic (exact) mass is 478 g/mol. The largest absolute Gasteiger partial charge is 0.481 e. The molecule has 3 aliphatic heterocycles. The van der Waals surface area contributed by atoms with Crippen LogP contribution in [0.4, 0.5) is 0 Å². The first-order chi connectivity index (χ1) is 15.6. The van der Waals surface area contributed by atoms with Crippen LogP contribution in [0.5, 0.6) is 0 Å². The van der Waals surface area contributed by atoms with E-state index in [9.17, 15) is 24.6 Å². The molecule has 6 atom stereocenters. The average Bonchev–Trinajstić information content (AvgIpc) is 3.34. The normalized spacial score (nSPS) is 36.8. The number of carboxylic acid groups (broad SMARTS) is 1. The Morgan fingerprint density at radius 1 is 1.27 bits per heavy atom. The molecule has 33 heavy (non-hydrogen) atoms. The fourth-order valence-corrected chi connectivity index (χ4v) is 9.43. The Hall–Kier alpha value is -1.54. The van der Waals surface area contributed by atoms with Crippen molar-refractivity contribution < 1.29 is 24.6 Å². The molecule has 2 N–H and O–H groups in total. The second-order valence-electron chi connectivity index (χ2n) is 10.9. The number of thioether (sulfide) groups is 1. The van der Waals surface area contributed by atoms with E-state index in [0.717, 1.165) is 25.7 Å². The van der Waals surface area contributed by atoms with Crippen molar-refractivity contribution in [1.82, 2.24) is 9.80 Å². The smallest absolute Gasteiger partial charge is 0.308 e. The van der Waals surface area contributed by atoms with Gasteiger partial charge in [0.05, 0.1) is 29.2 Å². The average molecular weight is 479 g/mol. The molecule has 1 saturated carbocycles. The summed E-state index contributed by atoms with van der Waals surface area (Å²) in [7, 11) is 0. The zero-order valence-electron chi connectivity index (χ0n) is 20.0. The predicted molar refractivity (Wildman–Crippen MR) is 128 cm³/mol. The standard InChI is InChI=1S/C25H38N2O5S/c1-5-13-26(16-9-7-6-8-10-16)22(30)20-25-12-11-24(4,33-25)19(23(31)32)18(25)21(29)27(20)17(14-28)15(2)3/h5,15-20,28H,1,6-14H2,2-4H3,(H,31,32)/t17-,18-,19-,20?,24+,25?/m0/s1. The quantitative estimate of drug-likeness (QED) is 0.521. The highest BCUT2D eigenvalue weighted by molar-refractivity contribution is 8.02. The maximum absolute atomic E-state index is 14.4. The first kappa shape index (κ1) is 24.6. The van der Waals surface area contributed by atoms with Crippen molar-refractivity contribution in [3.05, 3.63) is 12.7 Å². The Bertz CT molecular complexity index is 828. The van der Waals surface area contributed by atoms with E-state index in [0.29, 0.717) is 19.4 Å². The minimum Gasteiger partial charge on any atom is -0.481 e. The molecule has 4 rings (SSSR count). The summed E-state index contributed by atoms with van der Waals surface area (Å²) in [5, 5.41) is 20.4. The summed E-state index contributed by atoms with van der Waals surface area (Å²) in [6.07, 6.45) is 8.25. The predicted octanol–water partition coefficient (Wildman–Crippen LogP) is 2.92. The number of aliphatic carboxylic acids is 1. The van der Waals surface area contributed by atoms with Gasteiger partial charge in [0.1, 0.15) is 6.04 Å². The van der Waals surface area contributed by atoms with E-state index in [4.69, 9.17) is 0 Å². The molecular formula is C25H38N2O5S. The van der Waals surface area contributed by atoms with E-state index in [2.05, 4.69) is 6.58 Å². The van der Waals surface area contributed by atoms with Crippen molar-refractivity contribution in [3.63, 3.8) is 0 Å².